The van der Waals surface area contributed by atoms with E-state index < -0.39 is 0 Å². The highest BCUT2D eigenvalue weighted by Gasteiger charge is 2.45. The van der Waals surface area contributed by atoms with Gasteiger partial charge in [-0.15, -0.1) is 0 Å². The number of aromatic amines is 1. The lowest BCUT2D eigenvalue weighted by atomic mass is 9.85. The first kappa shape index (κ1) is 22.5. The van der Waals surface area contributed by atoms with Gasteiger partial charge in [0.1, 0.15) is 12.4 Å². The van der Waals surface area contributed by atoms with Crippen LogP contribution in [0.4, 0.5) is 5.69 Å². The SMILES string of the molecule is C=CC(=O)Nc1cc(C2=NC=C3CCc4c5c([nH]c4=C3C2)=CC2(CC2)NC5=O)ccc1OCCOC. The number of aliphatic imine (C=N–C) groups is 1. The quantitative estimate of drug-likeness (QED) is 0.414. The van der Waals surface area contributed by atoms with E-state index >= 15 is 0 Å². The van der Waals surface area contributed by atoms with Gasteiger partial charge >= 0.3 is 0 Å². The number of rotatable bonds is 7. The number of anilines is 1. The highest BCUT2D eigenvalue weighted by molar-refractivity contribution is 6.09. The van der Waals surface area contributed by atoms with E-state index in [0.717, 1.165) is 58.8 Å². The molecule has 0 atom stereocenters. The van der Waals surface area contributed by atoms with Crippen LogP contribution in [-0.4, -0.2) is 48.4 Å². The smallest absolute Gasteiger partial charge is 0.254 e. The number of H-pyrrole nitrogens is 1. The molecule has 8 heteroatoms. The zero-order chi connectivity index (χ0) is 24.9. The van der Waals surface area contributed by atoms with Gasteiger partial charge in [0.05, 0.1) is 29.1 Å². The minimum absolute atomic E-state index is 0.0342. The molecule has 0 saturated heterocycles. The number of aromatic nitrogens is 1. The summed E-state index contributed by atoms with van der Waals surface area (Å²) in [5.74, 6) is 0.272. The molecule has 1 aromatic carbocycles. The van der Waals surface area contributed by atoms with Crippen molar-refractivity contribution in [3.05, 3.63) is 70.0 Å². The van der Waals surface area contributed by atoms with Gasteiger partial charge in [0.15, 0.2) is 0 Å². The van der Waals surface area contributed by atoms with Crippen LogP contribution >= 0.6 is 0 Å². The lowest BCUT2D eigenvalue weighted by Gasteiger charge is -2.23. The number of benzene rings is 1. The number of methoxy groups -OCH3 is 1. The monoisotopic (exact) mass is 484 g/mol. The van der Waals surface area contributed by atoms with Gasteiger partial charge in [-0.3, -0.25) is 14.6 Å². The Hall–Kier alpha value is -3.91. The lowest BCUT2D eigenvalue weighted by Crippen LogP contribution is -2.43. The molecule has 2 amide bonds. The van der Waals surface area contributed by atoms with E-state index in [1.54, 1.807) is 7.11 Å². The van der Waals surface area contributed by atoms with Crippen molar-refractivity contribution in [2.45, 2.75) is 37.6 Å². The molecule has 0 unspecified atom stereocenters. The number of allylic oxidation sites excluding steroid dienone is 1. The molecule has 0 radical (unpaired) electrons. The Morgan fingerprint density at radius 2 is 2.14 bits per heavy atom. The average molecular weight is 485 g/mol. The van der Waals surface area contributed by atoms with Crippen LogP contribution in [0.1, 0.15) is 47.2 Å². The summed E-state index contributed by atoms with van der Waals surface area (Å²) in [4.78, 5) is 33.3. The molecule has 2 aliphatic heterocycles. The number of ether oxygens (including phenoxy) is 2. The second-order valence-corrected chi connectivity index (χ2v) is 9.65. The van der Waals surface area contributed by atoms with E-state index in [4.69, 9.17) is 14.5 Å². The second-order valence-electron chi connectivity index (χ2n) is 9.65. The highest BCUT2D eigenvalue weighted by Crippen LogP contribution is 2.39. The molecule has 2 aromatic rings. The fraction of sp³-hybridized carbons (Fsp3) is 0.321. The van der Waals surface area contributed by atoms with Gasteiger partial charge in [0.2, 0.25) is 5.91 Å². The number of fused-ring (bicyclic) bond motifs is 4. The Balaban J connectivity index is 1.38. The average Bonchev–Trinajstić information content (AvgIpc) is 3.50. The summed E-state index contributed by atoms with van der Waals surface area (Å²) in [6, 6.07) is 5.67. The largest absolute Gasteiger partial charge is 0.489 e. The lowest BCUT2D eigenvalue weighted by molar-refractivity contribution is -0.111. The van der Waals surface area contributed by atoms with Crippen molar-refractivity contribution in [3.63, 3.8) is 0 Å². The van der Waals surface area contributed by atoms with Crippen LogP contribution in [0.15, 0.2) is 47.6 Å². The predicted molar refractivity (Wildman–Crippen MR) is 138 cm³/mol. The van der Waals surface area contributed by atoms with Crippen molar-refractivity contribution in [2.75, 3.05) is 25.6 Å². The van der Waals surface area contributed by atoms with Crippen molar-refractivity contribution >= 4 is 34.9 Å². The van der Waals surface area contributed by atoms with E-state index in [2.05, 4.69) is 28.3 Å². The third kappa shape index (κ3) is 3.87. The maximum atomic E-state index is 12.9. The van der Waals surface area contributed by atoms with Gasteiger partial charge in [0.25, 0.3) is 5.91 Å². The van der Waals surface area contributed by atoms with Crippen LogP contribution in [0.5, 0.6) is 5.75 Å². The molecular weight excluding hydrogens is 456 g/mol. The summed E-state index contributed by atoms with van der Waals surface area (Å²) >= 11 is 0. The van der Waals surface area contributed by atoms with E-state index in [-0.39, 0.29) is 17.4 Å². The molecule has 2 aliphatic carbocycles. The van der Waals surface area contributed by atoms with Crippen molar-refractivity contribution < 1.29 is 19.1 Å². The molecule has 1 fully saturated rings. The Bertz CT molecular complexity index is 1490. The van der Waals surface area contributed by atoms with Crippen LogP contribution in [0.2, 0.25) is 0 Å². The van der Waals surface area contributed by atoms with Crippen LogP contribution in [-0.2, 0) is 16.0 Å². The Morgan fingerprint density at radius 1 is 1.28 bits per heavy atom. The topological polar surface area (TPSA) is 105 Å². The summed E-state index contributed by atoms with van der Waals surface area (Å²) in [6.45, 7) is 4.35. The highest BCUT2D eigenvalue weighted by atomic mass is 16.5. The maximum Gasteiger partial charge on any atom is 0.254 e. The fourth-order valence-corrected chi connectivity index (χ4v) is 5.25. The molecular formula is C28H28N4O4. The van der Waals surface area contributed by atoms with Crippen molar-refractivity contribution in [1.82, 2.24) is 10.3 Å². The number of carbonyl (C=O) groups excluding carboxylic acids is 2. The number of nitrogens with zero attached hydrogens (tertiary/aromatic N) is 1. The van der Waals surface area contributed by atoms with Crippen molar-refractivity contribution in [3.8, 4) is 5.75 Å². The number of amides is 2. The Labute approximate surface area is 208 Å². The van der Waals surface area contributed by atoms with Gasteiger partial charge in [-0.2, -0.15) is 0 Å². The molecule has 184 valence electrons. The van der Waals surface area contributed by atoms with Gasteiger partial charge in [-0.05, 0) is 78.3 Å². The fourth-order valence-electron chi connectivity index (χ4n) is 5.25. The first-order valence-electron chi connectivity index (χ1n) is 12.3. The van der Waals surface area contributed by atoms with Crippen LogP contribution in [0.3, 0.4) is 0 Å². The molecule has 1 spiro atoms. The zero-order valence-corrected chi connectivity index (χ0v) is 20.2. The molecule has 36 heavy (non-hydrogen) atoms. The van der Waals surface area contributed by atoms with Crippen LogP contribution < -0.4 is 26.1 Å². The summed E-state index contributed by atoms with van der Waals surface area (Å²) in [5.41, 5.74) is 6.45. The van der Waals surface area contributed by atoms with E-state index in [0.29, 0.717) is 31.1 Å². The van der Waals surface area contributed by atoms with Gasteiger partial charge < -0.3 is 25.1 Å². The standard InChI is InChI=1S/C28H28N4O4/c1-3-24(33)30-21-12-16(5-7-23(21)36-11-10-35-2)20-13-19-17(15-29-20)4-6-18-25-22(31-26(18)19)14-28(8-9-28)32-27(25)34/h3,5,7,12,14-15,31H,1,4,6,8-11,13H2,2H3,(H,30,33)(H,32,34). The molecule has 0 bridgehead atoms. The summed E-state index contributed by atoms with van der Waals surface area (Å²) in [7, 11) is 1.61. The summed E-state index contributed by atoms with van der Waals surface area (Å²) < 4.78 is 10.9. The predicted octanol–water partition coefficient (Wildman–Crippen LogP) is 2.09. The van der Waals surface area contributed by atoms with Crippen LogP contribution in [0, 0.1) is 0 Å². The van der Waals surface area contributed by atoms with E-state index in [9.17, 15) is 9.59 Å². The second kappa shape index (κ2) is 8.64. The van der Waals surface area contributed by atoms with Gasteiger partial charge in [-0.1, -0.05) is 6.58 Å². The summed E-state index contributed by atoms with van der Waals surface area (Å²) in [6.07, 6.45) is 9.66. The molecule has 6 rings (SSSR count). The maximum absolute atomic E-state index is 12.9. The summed E-state index contributed by atoms with van der Waals surface area (Å²) in [5, 5.41) is 8.03. The molecule has 3 N–H and O–H groups in total. The normalized spacial score (nSPS) is 18.6. The van der Waals surface area contributed by atoms with Crippen molar-refractivity contribution in [2.24, 2.45) is 4.99 Å². The Morgan fingerprint density at radius 3 is 2.92 bits per heavy atom. The van der Waals surface area contributed by atoms with Crippen LogP contribution in [0.25, 0.3) is 11.6 Å². The third-order valence-electron chi connectivity index (χ3n) is 7.29. The first-order valence-corrected chi connectivity index (χ1v) is 12.3. The third-order valence-corrected chi connectivity index (χ3v) is 7.29. The molecule has 8 nitrogen and oxygen atoms in total. The zero-order valence-electron chi connectivity index (χ0n) is 20.2. The molecule has 1 aromatic heterocycles. The number of hydrogen-bond acceptors (Lipinski definition) is 5. The minimum atomic E-state index is -0.317. The minimum Gasteiger partial charge on any atom is -0.489 e. The molecule has 4 aliphatic rings. The van der Waals surface area contributed by atoms with E-state index in [1.165, 1.54) is 17.2 Å². The number of nitrogens with one attached hydrogen (secondary N) is 3. The Kier molecular flexibility index (Phi) is 5.41. The van der Waals surface area contributed by atoms with Gasteiger partial charge in [0, 0.05) is 30.4 Å². The first-order chi connectivity index (χ1) is 17.5. The molecule has 1 saturated carbocycles. The van der Waals surface area contributed by atoms with E-state index in [1.807, 2.05) is 24.4 Å². The van der Waals surface area contributed by atoms with Crippen molar-refractivity contribution in [1.29, 1.82) is 0 Å². The number of hydrogen-bond donors (Lipinski definition) is 3. The number of carbonyl (C=O) groups is 2. The molecule has 3 heterocycles. The van der Waals surface area contributed by atoms with Gasteiger partial charge in [-0.25, -0.2) is 0 Å².